The van der Waals surface area contributed by atoms with Crippen LogP contribution in [0.5, 0.6) is 0 Å². The Morgan fingerprint density at radius 3 is 2.95 bits per heavy atom. The van der Waals surface area contributed by atoms with Crippen molar-refractivity contribution in [3.63, 3.8) is 0 Å². The van der Waals surface area contributed by atoms with Gasteiger partial charge in [0.05, 0.1) is 25.6 Å². The number of hydrogen-bond acceptors (Lipinski definition) is 6. The van der Waals surface area contributed by atoms with Crippen molar-refractivity contribution in [3.05, 3.63) is 21.0 Å². The molecule has 0 aliphatic carbocycles. The van der Waals surface area contributed by atoms with Gasteiger partial charge in [0.2, 0.25) is 0 Å². The van der Waals surface area contributed by atoms with Gasteiger partial charge in [-0.05, 0) is 22.9 Å². The minimum atomic E-state index is -0.529. The zero-order valence-corrected chi connectivity index (χ0v) is 12.4. The second kappa shape index (κ2) is 7.90. The van der Waals surface area contributed by atoms with E-state index in [1.54, 1.807) is 0 Å². The number of anilines is 1. The van der Waals surface area contributed by atoms with Crippen molar-refractivity contribution in [1.82, 2.24) is 9.78 Å². The molecule has 0 bridgehead atoms. The average molecular weight is 334 g/mol. The third-order valence-corrected chi connectivity index (χ3v) is 3.02. The molecule has 0 unspecified atom stereocenters. The Morgan fingerprint density at radius 2 is 2.32 bits per heavy atom. The highest BCUT2D eigenvalue weighted by molar-refractivity contribution is 9.10. The van der Waals surface area contributed by atoms with Crippen LogP contribution in [0.1, 0.15) is 6.92 Å². The van der Waals surface area contributed by atoms with E-state index < -0.39 is 11.5 Å². The summed E-state index contributed by atoms with van der Waals surface area (Å²) in [7, 11) is 1.26. The zero-order valence-electron chi connectivity index (χ0n) is 10.8. The molecule has 1 rings (SSSR count). The summed E-state index contributed by atoms with van der Waals surface area (Å²) >= 11 is 3.18. The summed E-state index contributed by atoms with van der Waals surface area (Å²) < 4.78 is 11.0. The summed E-state index contributed by atoms with van der Waals surface area (Å²) in [6, 6.07) is 0. The van der Waals surface area contributed by atoms with Crippen LogP contribution in [-0.2, 0) is 20.8 Å². The van der Waals surface area contributed by atoms with Gasteiger partial charge in [0.15, 0.2) is 0 Å². The van der Waals surface area contributed by atoms with E-state index in [1.165, 1.54) is 13.3 Å². The molecule has 0 saturated heterocycles. The SMILES string of the molecule is CCOCCNc1cnn(CC(=O)OC)c(=O)c1Br. The number of nitrogens with zero attached hydrogens (tertiary/aromatic N) is 2. The van der Waals surface area contributed by atoms with Crippen LogP contribution in [0.15, 0.2) is 15.5 Å². The average Bonchev–Trinajstić information content (AvgIpc) is 2.42. The van der Waals surface area contributed by atoms with Crippen LogP contribution in [0.4, 0.5) is 5.69 Å². The number of methoxy groups -OCH3 is 1. The molecule has 19 heavy (non-hydrogen) atoms. The predicted octanol–water partition coefficient (Wildman–Crippen LogP) is 0.627. The van der Waals surface area contributed by atoms with Crippen LogP contribution in [0, 0.1) is 0 Å². The Kier molecular flexibility index (Phi) is 6.51. The van der Waals surface area contributed by atoms with Gasteiger partial charge in [-0.25, -0.2) is 4.68 Å². The van der Waals surface area contributed by atoms with E-state index in [0.29, 0.717) is 29.9 Å². The summed E-state index contributed by atoms with van der Waals surface area (Å²) in [5.74, 6) is -0.529. The van der Waals surface area contributed by atoms with E-state index in [9.17, 15) is 9.59 Å². The van der Waals surface area contributed by atoms with Crippen molar-refractivity contribution in [2.24, 2.45) is 0 Å². The van der Waals surface area contributed by atoms with Gasteiger partial charge >= 0.3 is 5.97 Å². The topological polar surface area (TPSA) is 82.4 Å². The highest BCUT2D eigenvalue weighted by Gasteiger charge is 2.11. The first kappa shape index (κ1) is 15.6. The van der Waals surface area contributed by atoms with E-state index in [4.69, 9.17) is 4.74 Å². The number of esters is 1. The van der Waals surface area contributed by atoms with Crippen LogP contribution >= 0.6 is 15.9 Å². The molecule has 1 aromatic heterocycles. The molecule has 0 radical (unpaired) electrons. The maximum atomic E-state index is 11.9. The normalized spacial score (nSPS) is 10.3. The Balaban J connectivity index is 2.74. The van der Waals surface area contributed by atoms with Gasteiger partial charge in [-0.15, -0.1) is 0 Å². The molecule has 0 aliphatic heterocycles. The first-order valence-corrected chi connectivity index (χ1v) is 6.53. The van der Waals surface area contributed by atoms with Gasteiger partial charge in [-0.2, -0.15) is 5.10 Å². The molecule has 0 amide bonds. The summed E-state index contributed by atoms with van der Waals surface area (Å²) in [6.07, 6.45) is 1.47. The van der Waals surface area contributed by atoms with Crippen molar-refractivity contribution >= 4 is 27.6 Å². The summed E-state index contributed by atoms with van der Waals surface area (Å²) in [5.41, 5.74) is 0.164. The third-order valence-electron chi connectivity index (χ3n) is 2.26. The summed E-state index contributed by atoms with van der Waals surface area (Å²) in [4.78, 5) is 23.0. The fourth-order valence-corrected chi connectivity index (χ4v) is 1.74. The lowest BCUT2D eigenvalue weighted by atomic mass is 10.4. The third kappa shape index (κ3) is 4.64. The van der Waals surface area contributed by atoms with Crippen LogP contribution in [-0.4, -0.2) is 42.6 Å². The lowest BCUT2D eigenvalue weighted by Gasteiger charge is -2.09. The number of rotatable bonds is 7. The van der Waals surface area contributed by atoms with Crippen LogP contribution in [0.2, 0.25) is 0 Å². The van der Waals surface area contributed by atoms with Gasteiger partial charge in [-0.1, -0.05) is 0 Å². The maximum absolute atomic E-state index is 11.9. The molecule has 0 saturated carbocycles. The zero-order chi connectivity index (χ0) is 14.3. The second-order valence-corrected chi connectivity index (χ2v) is 4.33. The Hall–Kier alpha value is -1.41. The molecular weight excluding hydrogens is 318 g/mol. The smallest absolute Gasteiger partial charge is 0.327 e. The molecule has 0 aliphatic rings. The van der Waals surface area contributed by atoms with Crippen LogP contribution in [0.25, 0.3) is 0 Å². The molecule has 1 aromatic rings. The van der Waals surface area contributed by atoms with Crippen molar-refractivity contribution in [2.45, 2.75) is 13.5 Å². The molecule has 0 aromatic carbocycles. The molecule has 8 heteroatoms. The van der Waals surface area contributed by atoms with E-state index in [-0.39, 0.29) is 6.54 Å². The summed E-state index contributed by atoms with van der Waals surface area (Å²) in [5, 5.41) is 6.92. The van der Waals surface area contributed by atoms with Gasteiger partial charge < -0.3 is 14.8 Å². The molecule has 106 valence electrons. The minimum Gasteiger partial charge on any atom is -0.468 e. The largest absolute Gasteiger partial charge is 0.468 e. The van der Waals surface area contributed by atoms with E-state index >= 15 is 0 Å². The Morgan fingerprint density at radius 1 is 1.58 bits per heavy atom. The first-order chi connectivity index (χ1) is 9.10. The van der Waals surface area contributed by atoms with E-state index in [1.807, 2.05) is 6.92 Å². The molecular formula is C11H16BrN3O4. The van der Waals surface area contributed by atoms with Gasteiger partial charge in [0.25, 0.3) is 5.56 Å². The number of carbonyl (C=O) groups is 1. The number of aromatic nitrogens is 2. The molecule has 1 heterocycles. The van der Waals surface area contributed by atoms with Crippen LogP contribution < -0.4 is 10.9 Å². The highest BCUT2D eigenvalue weighted by Crippen LogP contribution is 2.15. The maximum Gasteiger partial charge on any atom is 0.327 e. The van der Waals surface area contributed by atoms with Crippen molar-refractivity contribution < 1.29 is 14.3 Å². The van der Waals surface area contributed by atoms with Crippen LogP contribution in [0.3, 0.4) is 0 Å². The Bertz CT molecular complexity index is 489. The molecule has 0 spiro atoms. The number of ether oxygens (including phenoxy) is 2. The quantitative estimate of drug-likeness (QED) is 0.582. The fourth-order valence-electron chi connectivity index (χ4n) is 1.29. The van der Waals surface area contributed by atoms with Gasteiger partial charge in [0.1, 0.15) is 11.0 Å². The number of nitrogens with one attached hydrogen (secondary N) is 1. The molecule has 7 nitrogen and oxygen atoms in total. The van der Waals surface area contributed by atoms with Gasteiger partial charge in [0, 0.05) is 13.2 Å². The molecule has 1 N–H and O–H groups in total. The van der Waals surface area contributed by atoms with E-state index in [0.717, 1.165) is 4.68 Å². The van der Waals surface area contributed by atoms with Crippen molar-refractivity contribution in [2.75, 3.05) is 32.2 Å². The standard InChI is InChI=1S/C11H16BrN3O4/c1-3-19-5-4-13-8-6-14-15(7-9(16)18-2)11(17)10(8)12/h6,13H,3-5,7H2,1-2H3. The minimum absolute atomic E-state index is 0.215. The lowest BCUT2D eigenvalue weighted by molar-refractivity contribution is -0.141. The molecule has 0 fully saturated rings. The number of carbonyl (C=O) groups excluding carboxylic acids is 1. The summed E-state index contributed by atoms with van der Waals surface area (Å²) in [6.45, 7) is 3.43. The monoisotopic (exact) mass is 333 g/mol. The Labute approximate surface area is 119 Å². The van der Waals surface area contributed by atoms with Crippen molar-refractivity contribution in [1.29, 1.82) is 0 Å². The number of halogens is 1. The first-order valence-electron chi connectivity index (χ1n) is 5.74. The molecule has 0 atom stereocenters. The van der Waals surface area contributed by atoms with Gasteiger partial charge in [-0.3, -0.25) is 9.59 Å². The lowest BCUT2D eigenvalue weighted by Crippen LogP contribution is -2.28. The second-order valence-electron chi connectivity index (χ2n) is 3.53. The van der Waals surface area contributed by atoms with Crippen molar-refractivity contribution in [3.8, 4) is 0 Å². The fraction of sp³-hybridized carbons (Fsp3) is 0.545. The van der Waals surface area contributed by atoms with E-state index in [2.05, 4.69) is 31.1 Å². The highest BCUT2D eigenvalue weighted by atomic mass is 79.9. The number of hydrogen-bond donors (Lipinski definition) is 1. The predicted molar refractivity (Wildman–Crippen MR) is 73.2 cm³/mol.